The molecule has 0 heterocycles. The zero-order valence-electron chi connectivity index (χ0n) is 32.8. The van der Waals surface area contributed by atoms with Crippen LogP contribution in [0.3, 0.4) is 0 Å². The van der Waals surface area contributed by atoms with Crippen molar-refractivity contribution in [3.63, 3.8) is 0 Å². The van der Waals surface area contributed by atoms with Crippen LogP contribution in [-0.2, 0) is 38.1 Å². The van der Waals surface area contributed by atoms with Crippen molar-refractivity contribution in [2.24, 2.45) is 63.5 Å². The highest BCUT2D eigenvalue weighted by molar-refractivity contribution is 5.71. The SMILES string of the molecule is CCCCCCCCOC(=O)CC[C@@H](C)[C@H]1CC[C@H]2C3C(OC(=O)CCN)C[C@@H]4C[C@H](OC(=O)CCN)CC[C@]4(C)[C@H]3C[C@H](OC(=O)CCN)[C@]12C. The van der Waals surface area contributed by atoms with Crippen molar-refractivity contribution >= 4 is 23.9 Å². The second kappa shape index (κ2) is 19.9. The van der Waals surface area contributed by atoms with Gasteiger partial charge in [0.1, 0.15) is 18.3 Å². The number of unbranched alkanes of at least 4 members (excludes halogenated alkanes) is 5. The smallest absolute Gasteiger partial charge is 0.307 e. The lowest BCUT2D eigenvalue weighted by Crippen LogP contribution is -2.63. The molecule has 0 aliphatic heterocycles. The van der Waals surface area contributed by atoms with Crippen molar-refractivity contribution in [2.45, 2.75) is 162 Å². The molecule has 0 aromatic rings. The van der Waals surface area contributed by atoms with Crippen LogP contribution in [0.2, 0.25) is 0 Å². The molecular weight excluding hydrogens is 662 g/mol. The molecule has 4 saturated carbocycles. The van der Waals surface area contributed by atoms with Crippen molar-refractivity contribution in [1.82, 2.24) is 0 Å². The first-order chi connectivity index (χ1) is 24.9. The Morgan fingerprint density at radius 2 is 1.35 bits per heavy atom. The summed E-state index contributed by atoms with van der Waals surface area (Å²) in [6, 6.07) is 0. The molecule has 4 rings (SSSR count). The third-order valence-corrected chi connectivity index (χ3v) is 13.9. The zero-order chi connectivity index (χ0) is 37.9. The number of hydrogen-bond donors (Lipinski definition) is 3. The van der Waals surface area contributed by atoms with E-state index < -0.39 is 0 Å². The Hall–Kier alpha value is -2.24. The van der Waals surface area contributed by atoms with E-state index in [9.17, 15) is 19.2 Å². The lowest BCUT2D eigenvalue weighted by Gasteiger charge is -2.64. The van der Waals surface area contributed by atoms with Crippen molar-refractivity contribution in [1.29, 1.82) is 0 Å². The number of rotatable bonds is 20. The number of nitrogens with two attached hydrogens (primary N) is 3. The van der Waals surface area contributed by atoms with E-state index in [2.05, 4.69) is 27.7 Å². The van der Waals surface area contributed by atoms with Crippen LogP contribution in [0.15, 0.2) is 0 Å². The number of esters is 4. The van der Waals surface area contributed by atoms with Gasteiger partial charge in [-0.2, -0.15) is 0 Å². The van der Waals surface area contributed by atoms with E-state index in [0.717, 1.165) is 38.5 Å². The predicted octanol–water partition coefficient (Wildman–Crippen LogP) is 5.97. The summed E-state index contributed by atoms with van der Waals surface area (Å²) in [5.41, 5.74) is 16.7. The average molecular weight is 734 g/mol. The molecule has 0 spiro atoms. The summed E-state index contributed by atoms with van der Waals surface area (Å²) in [4.78, 5) is 51.6. The number of carbonyl (C=O) groups is 4. The third kappa shape index (κ3) is 10.1. The quantitative estimate of drug-likeness (QED) is 0.0762. The topological polar surface area (TPSA) is 183 Å². The van der Waals surface area contributed by atoms with Crippen molar-refractivity contribution in [3.8, 4) is 0 Å². The van der Waals surface area contributed by atoms with Crippen LogP contribution >= 0.6 is 0 Å². The molecule has 0 amide bonds. The Kier molecular flexibility index (Phi) is 16.3. The molecule has 0 aromatic heterocycles. The van der Waals surface area contributed by atoms with Gasteiger partial charge in [0, 0.05) is 37.4 Å². The molecule has 4 aliphatic carbocycles. The first-order valence-electron chi connectivity index (χ1n) is 20.8. The first kappa shape index (κ1) is 42.5. The van der Waals surface area contributed by atoms with Gasteiger partial charge in [-0.05, 0) is 92.8 Å². The van der Waals surface area contributed by atoms with Crippen molar-refractivity contribution in [2.75, 3.05) is 26.2 Å². The summed E-state index contributed by atoms with van der Waals surface area (Å²) < 4.78 is 24.3. The van der Waals surface area contributed by atoms with Gasteiger partial charge in [-0.1, -0.05) is 59.8 Å². The maximum Gasteiger partial charge on any atom is 0.307 e. The highest BCUT2D eigenvalue weighted by Gasteiger charge is 2.67. The minimum atomic E-state index is -0.371. The van der Waals surface area contributed by atoms with Crippen molar-refractivity contribution in [3.05, 3.63) is 0 Å². The van der Waals surface area contributed by atoms with E-state index in [1.54, 1.807) is 0 Å². The van der Waals surface area contributed by atoms with Gasteiger partial charge in [0.2, 0.25) is 0 Å². The molecule has 11 atom stereocenters. The van der Waals surface area contributed by atoms with Crippen LogP contribution in [0.5, 0.6) is 0 Å². The summed E-state index contributed by atoms with van der Waals surface area (Å²) >= 11 is 0. The van der Waals surface area contributed by atoms with Crippen LogP contribution in [-0.4, -0.2) is 68.4 Å². The lowest BCUT2D eigenvalue weighted by atomic mass is 9.43. The third-order valence-electron chi connectivity index (χ3n) is 13.9. The molecule has 4 aliphatic rings. The molecule has 2 unspecified atom stereocenters. The van der Waals surface area contributed by atoms with Gasteiger partial charge in [0.25, 0.3) is 0 Å². The van der Waals surface area contributed by atoms with E-state index in [-0.39, 0.29) is 127 Å². The first-order valence-corrected chi connectivity index (χ1v) is 20.8. The molecule has 52 heavy (non-hydrogen) atoms. The molecule has 0 radical (unpaired) electrons. The monoisotopic (exact) mass is 734 g/mol. The lowest BCUT2D eigenvalue weighted by molar-refractivity contribution is -0.225. The van der Waals surface area contributed by atoms with E-state index in [1.165, 1.54) is 25.7 Å². The van der Waals surface area contributed by atoms with Gasteiger partial charge < -0.3 is 36.1 Å². The average Bonchev–Trinajstić information content (AvgIpc) is 3.46. The molecule has 6 N–H and O–H groups in total. The van der Waals surface area contributed by atoms with Gasteiger partial charge in [-0.15, -0.1) is 0 Å². The van der Waals surface area contributed by atoms with Crippen LogP contribution in [0.25, 0.3) is 0 Å². The van der Waals surface area contributed by atoms with E-state index in [0.29, 0.717) is 38.7 Å². The van der Waals surface area contributed by atoms with Crippen LogP contribution < -0.4 is 17.2 Å². The molecule has 298 valence electrons. The minimum absolute atomic E-state index is 0.0910. The zero-order valence-corrected chi connectivity index (χ0v) is 32.8. The van der Waals surface area contributed by atoms with Gasteiger partial charge in [0.15, 0.2) is 0 Å². The molecule has 4 fully saturated rings. The molecule has 0 aromatic carbocycles. The molecular formula is C41H71N3O8. The van der Waals surface area contributed by atoms with Gasteiger partial charge in [-0.25, -0.2) is 0 Å². The summed E-state index contributed by atoms with van der Waals surface area (Å²) in [7, 11) is 0. The standard InChI is InChI=1S/C41H71N3O8/c1-5-6-7-8-9-10-23-49-35(45)14-11-27(2)30-12-13-31-39-32(26-34(41(30,31)4)52-38(48)18-22-44)40(3)19-15-29(50-36(46)16-20-42)24-28(40)25-33(39)51-37(47)17-21-43/h27-34,39H,5-26,42-44H2,1-4H3/t27-,28+,29-,30-,31+,32+,33?,34+,39?,40+,41-/m1/s1. The fourth-order valence-electron chi connectivity index (χ4n) is 11.2. The van der Waals surface area contributed by atoms with Crippen LogP contribution in [0.4, 0.5) is 0 Å². The largest absolute Gasteiger partial charge is 0.466 e. The Bertz CT molecular complexity index is 1180. The summed E-state index contributed by atoms with van der Waals surface area (Å²) in [6.45, 7) is 10.3. The number of ether oxygens (including phenoxy) is 4. The van der Waals surface area contributed by atoms with Gasteiger partial charge >= 0.3 is 23.9 Å². The Morgan fingerprint density at radius 1 is 0.712 bits per heavy atom. The highest BCUT2D eigenvalue weighted by atomic mass is 16.6. The minimum Gasteiger partial charge on any atom is -0.466 e. The van der Waals surface area contributed by atoms with E-state index >= 15 is 0 Å². The normalized spacial score (nSPS) is 34.3. The van der Waals surface area contributed by atoms with E-state index in [1.807, 2.05) is 0 Å². The Labute approximate surface area is 312 Å². The fourth-order valence-corrected chi connectivity index (χ4v) is 11.2. The molecule has 11 heteroatoms. The predicted molar refractivity (Wildman–Crippen MR) is 199 cm³/mol. The Balaban J connectivity index is 1.56. The number of hydrogen-bond acceptors (Lipinski definition) is 11. The molecule has 0 bridgehead atoms. The fraction of sp³-hybridized carbons (Fsp3) is 0.902. The summed E-state index contributed by atoms with van der Waals surface area (Å²) in [5.74, 6) is -0.00360. The Morgan fingerprint density at radius 3 is 2.02 bits per heavy atom. The van der Waals surface area contributed by atoms with Crippen molar-refractivity contribution < 1.29 is 38.1 Å². The number of carbonyl (C=O) groups excluding carboxylic acids is 4. The van der Waals surface area contributed by atoms with Crippen LogP contribution in [0, 0.1) is 46.3 Å². The van der Waals surface area contributed by atoms with E-state index in [4.69, 9.17) is 36.1 Å². The highest BCUT2D eigenvalue weighted by Crippen LogP contribution is 2.69. The molecule has 11 nitrogen and oxygen atoms in total. The summed E-state index contributed by atoms with van der Waals surface area (Å²) in [6.07, 6.45) is 13.2. The maximum absolute atomic E-state index is 13.2. The molecule has 0 saturated heterocycles. The van der Waals surface area contributed by atoms with Gasteiger partial charge in [0.05, 0.1) is 25.9 Å². The summed E-state index contributed by atoms with van der Waals surface area (Å²) in [5, 5.41) is 0. The second-order valence-corrected chi connectivity index (χ2v) is 17.0. The number of fused-ring (bicyclic) bond motifs is 5. The van der Waals surface area contributed by atoms with Gasteiger partial charge in [-0.3, -0.25) is 19.2 Å². The maximum atomic E-state index is 13.2. The van der Waals surface area contributed by atoms with Crippen LogP contribution in [0.1, 0.15) is 143 Å². The second-order valence-electron chi connectivity index (χ2n) is 17.0.